The number of halogens is 1. The minimum atomic E-state index is -5.10. The van der Waals surface area contributed by atoms with Crippen molar-refractivity contribution in [2.75, 3.05) is 0 Å². The standard InChI is InChI=1S/C18H15S.C7H11FO5S/c1-4-10-16(11-5-1)19(17-12-6-2-7-13-17)18-14-8-3-9-15-18;1-4(2)7(9)13-5(3)6(8)14(10,11)12/h1-15H;5-6H,1H2,2-3H3,(H,10,11,12)/q+1;/p-1. The zero-order chi connectivity index (χ0) is 24.4. The number of alkyl halides is 1. The van der Waals surface area contributed by atoms with Crippen LogP contribution in [0.3, 0.4) is 0 Å². The van der Waals surface area contributed by atoms with Crippen LogP contribution in [0.25, 0.3) is 0 Å². The van der Waals surface area contributed by atoms with Crippen molar-refractivity contribution in [1.29, 1.82) is 0 Å². The number of ether oxygens (including phenoxy) is 1. The molecule has 0 fully saturated rings. The highest BCUT2D eigenvalue weighted by Gasteiger charge is 2.28. The van der Waals surface area contributed by atoms with Crippen LogP contribution in [0.1, 0.15) is 13.8 Å². The number of esters is 1. The SMILES string of the molecule is C=C(C)C(=O)OC(C)C(F)S(=O)(=O)[O-].c1ccc([S+](c2ccccc2)c2ccccc2)cc1. The molecule has 2 atom stereocenters. The Morgan fingerprint density at radius 1 is 0.879 bits per heavy atom. The van der Waals surface area contributed by atoms with Gasteiger partial charge >= 0.3 is 5.97 Å². The molecular weight excluding hydrogens is 463 g/mol. The number of hydrogen-bond acceptors (Lipinski definition) is 5. The zero-order valence-electron chi connectivity index (χ0n) is 18.3. The fraction of sp³-hybridized carbons (Fsp3) is 0.160. The van der Waals surface area contributed by atoms with Crippen LogP contribution in [0.5, 0.6) is 0 Å². The van der Waals surface area contributed by atoms with E-state index < -0.39 is 27.7 Å². The molecule has 5 nitrogen and oxygen atoms in total. The minimum absolute atomic E-state index is 0.00709. The molecule has 0 radical (unpaired) electrons. The summed E-state index contributed by atoms with van der Waals surface area (Å²) in [5.41, 5.74) is -2.77. The average Bonchev–Trinajstić information content (AvgIpc) is 2.80. The first-order chi connectivity index (χ1) is 15.6. The molecule has 0 amide bonds. The summed E-state index contributed by atoms with van der Waals surface area (Å²) < 4.78 is 47.6. The highest BCUT2D eigenvalue weighted by Crippen LogP contribution is 2.30. The van der Waals surface area contributed by atoms with Crippen molar-refractivity contribution >= 4 is 27.0 Å². The molecule has 0 saturated carbocycles. The Balaban J connectivity index is 0.000000248. The second-order valence-electron chi connectivity index (χ2n) is 6.98. The number of carbonyl (C=O) groups is 1. The maximum absolute atomic E-state index is 12.7. The maximum atomic E-state index is 12.7. The summed E-state index contributed by atoms with van der Waals surface area (Å²) in [5.74, 6) is -0.941. The van der Waals surface area contributed by atoms with Crippen molar-refractivity contribution in [3.05, 3.63) is 103 Å². The van der Waals surface area contributed by atoms with Crippen molar-refractivity contribution in [3.8, 4) is 0 Å². The maximum Gasteiger partial charge on any atom is 0.333 e. The molecule has 0 aromatic heterocycles. The number of carbonyl (C=O) groups excluding carboxylic acids is 1. The van der Waals surface area contributed by atoms with Crippen LogP contribution in [0.4, 0.5) is 4.39 Å². The summed E-state index contributed by atoms with van der Waals surface area (Å²) in [7, 11) is -5.11. The molecule has 0 saturated heterocycles. The lowest BCUT2D eigenvalue weighted by molar-refractivity contribution is -0.144. The smallest absolute Gasteiger partial charge is 0.333 e. The summed E-state index contributed by atoms with van der Waals surface area (Å²) in [5, 5.41) is 0. The Bertz CT molecular complexity index is 1040. The highest BCUT2D eigenvalue weighted by molar-refractivity contribution is 7.97. The summed E-state index contributed by atoms with van der Waals surface area (Å²) >= 11 is 0. The lowest BCUT2D eigenvalue weighted by Crippen LogP contribution is -2.32. The molecule has 0 aliphatic carbocycles. The number of rotatable bonds is 7. The van der Waals surface area contributed by atoms with E-state index in [2.05, 4.69) is 102 Å². The minimum Gasteiger partial charge on any atom is -0.746 e. The predicted molar refractivity (Wildman–Crippen MR) is 126 cm³/mol. The van der Waals surface area contributed by atoms with Gasteiger partial charge in [0.25, 0.3) is 0 Å². The van der Waals surface area contributed by atoms with Gasteiger partial charge in [-0.3, -0.25) is 0 Å². The molecule has 3 aromatic rings. The van der Waals surface area contributed by atoms with E-state index in [9.17, 15) is 22.2 Å². The van der Waals surface area contributed by atoms with E-state index in [-0.39, 0.29) is 16.5 Å². The van der Waals surface area contributed by atoms with E-state index in [1.54, 1.807) is 0 Å². The third-order valence-corrected chi connectivity index (χ3v) is 7.39. The number of benzene rings is 3. The lowest BCUT2D eigenvalue weighted by Gasteiger charge is -2.19. The molecule has 0 spiro atoms. The van der Waals surface area contributed by atoms with Gasteiger partial charge in [0, 0.05) is 5.57 Å². The molecule has 3 aromatic carbocycles. The van der Waals surface area contributed by atoms with Crippen LogP contribution in [0.15, 0.2) is 118 Å². The van der Waals surface area contributed by atoms with Gasteiger partial charge in [-0.2, -0.15) is 0 Å². The van der Waals surface area contributed by atoms with Crippen LogP contribution in [-0.4, -0.2) is 30.5 Å². The first-order valence-electron chi connectivity index (χ1n) is 9.96. The van der Waals surface area contributed by atoms with Gasteiger partial charge in [0.15, 0.2) is 14.7 Å². The first-order valence-corrected chi connectivity index (χ1v) is 12.7. The molecule has 2 unspecified atom stereocenters. The van der Waals surface area contributed by atoms with Crippen molar-refractivity contribution in [2.45, 2.75) is 40.1 Å². The van der Waals surface area contributed by atoms with Crippen molar-refractivity contribution < 1.29 is 26.9 Å². The van der Waals surface area contributed by atoms with Gasteiger partial charge in [0.2, 0.25) is 5.50 Å². The Labute approximate surface area is 197 Å². The fourth-order valence-electron chi connectivity index (χ4n) is 2.64. The average molecular weight is 489 g/mol. The molecular formula is C25H25FO5S2. The summed E-state index contributed by atoms with van der Waals surface area (Å²) in [6.45, 7) is 5.49. The van der Waals surface area contributed by atoms with Crippen molar-refractivity contribution in [2.24, 2.45) is 0 Å². The Kier molecular flexibility index (Phi) is 9.84. The summed E-state index contributed by atoms with van der Waals surface area (Å²) in [6, 6.07) is 32.2. The van der Waals surface area contributed by atoms with Gasteiger partial charge in [-0.15, -0.1) is 0 Å². The first kappa shape index (κ1) is 26.3. The van der Waals surface area contributed by atoms with Gasteiger partial charge in [-0.1, -0.05) is 61.2 Å². The highest BCUT2D eigenvalue weighted by atomic mass is 32.2. The van der Waals surface area contributed by atoms with Crippen molar-refractivity contribution in [3.63, 3.8) is 0 Å². The Morgan fingerprint density at radius 2 is 1.21 bits per heavy atom. The van der Waals surface area contributed by atoms with Gasteiger partial charge in [0.1, 0.15) is 16.2 Å². The van der Waals surface area contributed by atoms with Crippen LogP contribution in [0, 0.1) is 0 Å². The van der Waals surface area contributed by atoms with Crippen LogP contribution in [0.2, 0.25) is 0 Å². The van der Waals surface area contributed by atoms with Crippen LogP contribution in [-0.2, 0) is 30.5 Å². The monoisotopic (exact) mass is 488 g/mol. The van der Waals surface area contributed by atoms with Gasteiger partial charge in [-0.25, -0.2) is 17.6 Å². The molecule has 0 N–H and O–H groups in total. The van der Waals surface area contributed by atoms with Crippen LogP contribution < -0.4 is 0 Å². The molecule has 33 heavy (non-hydrogen) atoms. The van der Waals surface area contributed by atoms with Crippen molar-refractivity contribution in [1.82, 2.24) is 0 Å². The van der Waals surface area contributed by atoms with Crippen LogP contribution >= 0.6 is 0 Å². The molecule has 0 aliphatic heterocycles. The molecule has 8 heteroatoms. The largest absolute Gasteiger partial charge is 0.746 e. The Morgan fingerprint density at radius 3 is 1.48 bits per heavy atom. The van der Waals surface area contributed by atoms with Gasteiger partial charge in [0.05, 0.1) is 10.9 Å². The third-order valence-electron chi connectivity index (χ3n) is 4.22. The molecule has 0 aliphatic rings. The van der Waals surface area contributed by atoms with E-state index in [0.717, 1.165) is 6.92 Å². The van der Waals surface area contributed by atoms with E-state index in [0.29, 0.717) is 0 Å². The van der Waals surface area contributed by atoms with E-state index in [1.165, 1.54) is 21.6 Å². The quantitative estimate of drug-likeness (QED) is 0.200. The molecule has 174 valence electrons. The normalized spacial score (nSPS) is 12.8. The van der Waals surface area contributed by atoms with E-state index in [1.807, 2.05) is 0 Å². The van der Waals surface area contributed by atoms with E-state index in [4.69, 9.17) is 0 Å². The second-order valence-corrected chi connectivity index (χ2v) is 10.4. The van der Waals surface area contributed by atoms with Gasteiger partial charge in [-0.05, 0) is 50.2 Å². The lowest BCUT2D eigenvalue weighted by atomic mass is 10.3. The molecule has 0 heterocycles. The topological polar surface area (TPSA) is 83.5 Å². The fourth-order valence-corrected chi connectivity index (χ4v) is 5.26. The predicted octanol–water partition coefficient (Wildman–Crippen LogP) is 5.12. The Hall–Kier alpha value is -2.94. The number of hydrogen-bond donors (Lipinski definition) is 0. The zero-order valence-corrected chi connectivity index (χ0v) is 19.9. The summed E-state index contributed by atoms with van der Waals surface area (Å²) in [4.78, 5) is 14.9. The van der Waals surface area contributed by atoms with E-state index >= 15 is 0 Å². The van der Waals surface area contributed by atoms with Gasteiger partial charge < -0.3 is 9.29 Å². The third kappa shape index (κ3) is 8.16. The molecule has 0 bridgehead atoms. The second kappa shape index (κ2) is 12.3. The summed E-state index contributed by atoms with van der Waals surface area (Å²) in [6.07, 6.45) is -1.64. The molecule has 3 rings (SSSR count).